The van der Waals surface area contributed by atoms with Crippen LogP contribution in [0, 0.1) is 0 Å². The van der Waals surface area contributed by atoms with Gasteiger partial charge in [-0.15, -0.1) is 0 Å². The summed E-state index contributed by atoms with van der Waals surface area (Å²) < 4.78 is 27.2. The third-order valence-corrected chi connectivity index (χ3v) is 4.23. The van der Waals surface area contributed by atoms with Gasteiger partial charge in [0.25, 0.3) is 5.92 Å². The van der Waals surface area contributed by atoms with Crippen LogP contribution in [0.15, 0.2) is 28.7 Å². The first kappa shape index (κ1) is 16.4. The maximum Gasteiger partial charge on any atom is 0.262 e. The molecular weight excluding hydrogens is 342 g/mol. The molecule has 1 atom stereocenters. The van der Waals surface area contributed by atoms with E-state index in [1.165, 1.54) is 0 Å². The summed E-state index contributed by atoms with van der Waals surface area (Å²) in [5.41, 5.74) is 0.794. The smallest absolute Gasteiger partial charge is 0.262 e. The number of alkyl halides is 2. The van der Waals surface area contributed by atoms with Crippen LogP contribution in [0.3, 0.4) is 0 Å². The Bertz CT molecular complexity index is 534. The average molecular weight is 361 g/mol. The lowest BCUT2D eigenvalue weighted by atomic mass is 9.84. The fourth-order valence-electron chi connectivity index (χ4n) is 2.34. The number of nitrogens with one attached hydrogen (secondary N) is 2. The molecule has 3 nitrogen and oxygen atoms in total. The van der Waals surface area contributed by atoms with Gasteiger partial charge >= 0.3 is 0 Å². The zero-order valence-electron chi connectivity index (χ0n) is 12.1. The molecule has 1 saturated heterocycles. The summed E-state index contributed by atoms with van der Waals surface area (Å²) in [4.78, 5) is 12.0. The van der Waals surface area contributed by atoms with Gasteiger partial charge < -0.3 is 5.32 Å². The van der Waals surface area contributed by atoms with E-state index in [9.17, 15) is 13.6 Å². The van der Waals surface area contributed by atoms with Gasteiger partial charge in [-0.1, -0.05) is 41.9 Å². The lowest BCUT2D eigenvalue weighted by Gasteiger charge is -2.26. The largest absolute Gasteiger partial charge is 0.354 e. The normalized spacial score (nSPS) is 21.3. The van der Waals surface area contributed by atoms with Gasteiger partial charge in [0.2, 0.25) is 5.91 Å². The summed E-state index contributed by atoms with van der Waals surface area (Å²) in [6.45, 7) is 3.98. The van der Waals surface area contributed by atoms with Crippen molar-refractivity contribution in [1.82, 2.24) is 10.6 Å². The van der Waals surface area contributed by atoms with Gasteiger partial charge in [-0.3, -0.25) is 10.1 Å². The van der Waals surface area contributed by atoms with Crippen molar-refractivity contribution in [2.75, 3.05) is 13.1 Å². The molecule has 1 aliphatic rings. The van der Waals surface area contributed by atoms with Crippen molar-refractivity contribution in [3.63, 3.8) is 0 Å². The molecule has 2 N–H and O–H groups in total. The Morgan fingerprint density at radius 2 is 2.24 bits per heavy atom. The number of carbonyl (C=O) groups is 1. The SMILES string of the molecule is CC(C)(CNC(=O)C1CC(F)(F)CN1)c1cccc(Br)c1. The van der Waals surface area contributed by atoms with Crippen molar-refractivity contribution in [1.29, 1.82) is 0 Å². The van der Waals surface area contributed by atoms with E-state index >= 15 is 0 Å². The van der Waals surface area contributed by atoms with Gasteiger partial charge in [0.05, 0.1) is 12.6 Å². The van der Waals surface area contributed by atoms with Crippen molar-refractivity contribution in [2.45, 2.75) is 37.6 Å². The van der Waals surface area contributed by atoms with Crippen molar-refractivity contribution in [2.24, 2.45) is 0 Å². The van der Waals surface area contributed by atoms with Crippen LogP contribution in [0.1, 0.15) is 25.8 Å². The quantitative estimate of drug-likeness (QED) is 0.866. The molecule has 6 heteroatoms. The van der Waals surface area contributed by atoms with Crippen molar-refractivity contribution >= 4 is 21.8 Å². The summed E-state index contributed by atoms with van der Waals surface area (Å²) in [6.07, 6.45) is -0.434. The number of amides is 1. The van der Waals surface area contributed by atoms with Crippen LogP contribution in [0.5, 0.6) is 0 Å². The Hall–Kier alpha value is -1.01. The first-order valence-electron chi connectivity index (χ1n) is 6.85. The standard InChI is InChI=1S/C15H19BrF2N2O/c1-14(2,10-4-3-5-11(16)6-10)8-20-13(21)12-7-15(17,18)9-19-12/h3-6,12,19H,7-9H2,1-2H3,(H,20,21). The minimum Gasteiger partial charge on any atom is -0.354 e. The van der Waals surface area contributed by atoms with Crippen LogP contribution >= 0.6 is 15.9 Å². The second-order valence-electron chi connectivity index (χ2n) is 6.11. The summed E-state index contributed by atoms with van der Waals surface area (Å²) in [7, 11) is 0. The molecule has 0 aromatic heterocycles. The number of halogens is 3. The van der Waals surface area contributed by atoms with E-state index in [0.717, 1.165) is 10.0 Å². The molecule has 0 radical (unpaired) electrons. The lowest BCUT2D eigenvalue weighted by Crippen LogP contribution is -2.45. The molecule has 1 unspecified atom stereocenters. The molecule has 21 heavy (non-hydrogen) atoms. The van der Waals surface area contributed by atoms with Crippen LogP contribution in [0.2, 0.25) is 0 Å². The average Bonchev–Trinajstić information content (AvgIpc) is 2.76. The maximum absolute atomic E-state index is 13.1. The summed E-state index contributed by atoms with van der Waals surface area (Å²) >= 11 is 3.42. The molecule has 1 aliphatic heterocycles. The second-order valence-corrected chi connectivity index (χ2v) is 7.02. The Morgan fingerprint density at radius 1 is 1.52 bits per heavy atom. The van der Waals surface area contributed by atoms with E-state index in [2.05, 4.69) is 26.6 Å². The van der Waals surface area contributed by atoms with Gasteiger partial charge in [0.15, 0.2) is 0 Å². The molecule has 0 bridgehead atoms. The van der Waals surface area contributed by atoms with Crippen LogP contribution < -0.4 is 10.6 Å². The van der Waals surface area contributed by atoms with Crippen LogP contribution in [-0.4, -0.2) is 31.0 Å². The Kier molecular flexibility index (Phi) is 4.68. The van der Waals surface area contributed by atoms with Crippen molar-refractivity contribution in [3.05, 3.63) is 34.3 Å². The highest BCUT2D eigenvalue weighted by molar-refractivity contribution is 9.10. The minimum atomic E-state index is -2.79. The highest BCUT2D eigenvalue weighted by Gasteiger charge is 2.42. The Balaban J connectivity index is 1.94. The van der Waals surface area contributed by atoms with Gasteiger partial charge in [-0.2, -0.15) is 0 Å². The van der Waals surface area contributed by atoms with E-state index in [1.54, 1.807) is 0 Å². The van der Waals surface area contributed by atoms with Gasteiger partial charge in [-0.05, 0) is 17.7 Å². The first-order valence-corrected chi connectivity index (χ1v) is 7.64. The third kappa shape index (κ3) is 4.23. The molecule has 116 valence electrons. The molecular formula is C15H19BrF2N2O. The van der Waals surface area contributed by atoms with Gasteiger partial charge in [0, 0.05) is 22.9 Å². The molecule has 1 fully saturated rings. The summed E-state index contributed by atoms with van der Waals surface area (Å²) in [5, 5.41) is 5.33. The molecule has 0 saturated carbocycles. The Morgan fingerprint density at radius 3 is 2.81 bits per heavy atom. The predicted molar refractivity (Wildman–Crippen MR) is 81.5 cm³/mol. The van der Waals surface area contributed by atoms with Crippen LogP contribution in [-0.2, 0) is 10.2 Å². The fraction of sp³-hybridized carbons (Fsp3) is 0.533. The number of benzene rings is 1. The molecule has 0 spiro atoms. The lowest BCUT2D eigenvalue weighted by molar-refractivity contribution is -0.123. The molecule has 1 aromatic carbocycles. The minimum absolute atomic E-state index is 0.277. The second kappa shape index (κ2) is 6.01. The van der Waals surface area contributed by atoms with Crippen molar-refractivity contribution in [3.8, 4) is 0 Å². The van der Waals surface area contributed by atoms with E-state index in [1.807, 2.05) is 38.1 Å². The highest BCUT2D eigenvalue weighted by Crippen LogP contribution is 2.27. The number of hydrogen-bond donors (Lipinski definition) is 2. The number of carbonyl (C=O) groups excluding carboxylic acids is 1. The monoisotopic (exact) mass is 360 g/mol. The topological polar surface area (TPSA) is 41.1 Å². The van der Waals surface area contributed by atoms with Gasteiger partial charge in [-0.25, -0.2) is 8.78 Å². The first-order chi connectivity index (χ1) is 9.70. The fourth-order valence-corrected chi connectivity index (χ4v) is 2.74. The molecule has 1 amide bonds. The van der Waals surface area contributed by atoms with E-state index in [0.29, 0.717) is 6.54 Å². The van der Waals surface area contributed by atoms with E-state index < -0.39 is 24.9 Å². The number of hydrogen-bond acceptors (Lipinski definition) is 2. The molecule has 1 heterocycles. The number of rotatable bonds is 4. The summed E-state index contributed by atoms with van der Waals surface area (Å²) in [5.74, 6) is -3.16. The van der Waals surface area contributed by atoms with E-state index in [4.69, 9.17) is 0 Å². The van der Waals surface area contributed by atoms with Gasteiger partial charge in [0.1, 0.15) is 0 Å². The zero-order chi connectivity index (χ0) is 15.7. The maximum atomic E-state index is 13.1. The molecule has 1 aromatic rings. The predicted octanol–water partition coefficient (Wildman–Crippen LogP) is 2.84. The third-order valence-electron chi connectivity index (χ3n) is 3.74. The molecule has 0 aliphatic carbocycles. The van der Waals surface area contributed by atoms with E-state index in [-0.39, 0.29) is 11.3 Å². The highest BCUT2D eigenvalue weighted by atomic mass is 79.9. The van der Waals surface area contributed by atoms with Crippen LogP contribution in [0.4, 0.5) is 8.78 Å². The zero-order valence-corrected chi connectivity index (χ0v) is 13.6. The van der Waals surface area contributed by atoms with Crippen molar-refractivity contribution < 1.29 is 13.6 Å². The summed E-state index contributed by atoms with van der Waals surface area (Å²) in [6, 6.07) is 7.04. The van der Waals surface area contributed by atoms with Crippen LogP contribution in [0.25, 0.3) is 0 Å². The Labute approximate surface area is 131 Å². The molecule has 2 rings (SSSR count).